The number of rotatable bonds is 6. The van der Waals surface area contributed by atoms with Crippen molar-refractivity contribution in [2.24, 2.45) is 5.73 Å². The number of carbonyl (C=O) groups excluding carboxylic acids is 1. The summed E-state index contributed by atoms with van der Waals surface area (Å²) in [5, 5.41) is 6.09. The number of aryl methyl sites for hydroxylation is 1. The largest absolute Gasteiger partial charge is 0.453 e. The van der Waals surface area contributed by atoms with Gasteiger partial charge in [0.25, 0.3) is 0 Å². The average Bonchev–Trinajstić information content (AvgIpc) is 2.75. The number of hydrogen-bond donors (Lipinski definition) is 2. The third-order valence-electron chi connectivity index (χ3n) is 2.40. The molecule has 1 rings (SSSR count). The number of amides is 1. The van der Waals surface area contributed by atoms with E-state index in [9.17, 15) is 26.7 Å². The molecule has 0 spiro atoms. The number of aromatic nitrogens is 2. The van der Waals surface area contributed by atoms with Gasteiger partial charge in [0.05, 0.1) is 18.4 Å². The number of anilines is 1. The van der Waals surface area contributed by atoms with Crippen molar-refractivity contribution in [1.82, 2.24) is 9.78 Å². The van der Waals surface area contributed by atoms with Crippen molar-refractivity contribution in [1.29, 1.82) is 0 Å². The molecule has 0 aliphatic rings. The summed E-state index contributed by atoms with van der Waals surface area (Å²) >= 11 is 0. The number of halogens is 5. The molecule has 0 aliphatic heterocycles. The van der Waals surface area contributed by atoms with Crippen LogP contribution >= 0.6 is 0 Å². The highest BCUT2D eigenvalue weighted by molar-refractivity contribution is 5.91. The van der Waals surface area contributed by atoms with Crippen molar-refractivity contribution >= 4 is 11.6 Å². The summed E-state index contributed by atoms with van der Waals surface area (Å²) in [6, 6.07) is 0. The topological polar surface area (TPSA) is 72.9 Å². The van der Waals surface area contributed by atoms with Gasteiger partial charge in [-0.15, -0.1) is 0 Å². The number of alkyl halides is 5. The maximum Gasteiger partial charge on any atom is 0.453 e. The van der Waals surface area contributed by atoms with Crippen LogP contribution in [-0.2, 0) is 11.3 Å². The zero-order valence-corrected chi connectivity index (χ0v) is 10.3. The highest BCUT2D eigenvalue weighted by Crippen LogP contribution is 2.38. The lowest BCUT2D eigenvalue weighted by atomic mass is 10.2. The Morgan fingerprint density at radius 2 is 2.00 bits per heavy atom. The van der Waals surface area contributed by atoms with Crippen LogP contribution in [0.3, 0.4) is 0 Å². The molecule has 10 heteroatoms. The van der Waals surface area contributed by atoms with Crippen molar-refractivity contribution in [2.75, 3.05) is 11.9 Å². The van der Waals surface area contributed by atoms with E-state index in [2.05, 4.69) is 10.4 Å². The lowest BCUT2D eigenvalue weighted by Gasteiger charge is -2.19. The number of nitrogens with two attached hydrogens (primary N) is 1. The molecule has 20 heavy (non-hydrogen) atoms. The van der Waals surface area contributed by atoms with E-state index in [-0.39, 0.29) is 13.1 Å². The van der Waals surface area contributed by atoms with Gasteiger partial charge in [-0.2, -0.15) is 27.1 Å². The summed E-state index contributed by atoms with van der Waals surface area (Å²) in [4.78, 5) is 10.9. The zero-order chi connectivity index (χ0) is 15.4. The van der Waals surface area contributed by atoms with Crippen LogP contribution in [0.15, 0.2) is 12.4 Å². The summed E-state index contributed by atoms with van der Waals surface area (Å²) < 4.78 is 62.2. The second kappa shape index (κ2) is 6.16. The quantitative estimate of drug-likeness (QED) is 0.786. The molecule has 0 saturated carbocycles. The lowest BCUT2D eigenvalue weighted by molar-refractivity contribution is -0.284. The van der Waals surface area contributed by atoms with Crippen molar-refractivity contribution in [2.45, 2.75) is 31.5 Å². The molecule has 0 aliphatic carbocycles. The Bertz CT molecular complexity index is 457. The highest BCUT2D eigenvalue weighted by atomic mass is 19.4. The van der Waals surface area contributed by atoms with E-state index >= 15 is 0 Å². The van der Waals surface area contributed by atoms with Crippen molar-refractivity contribution in [3.63, 3.8) is 0 Å². The summed E-state index contributed by atoms with van der Waals surface area (Å²) in [6.07, 6.45) is -4.70. The number of nitrogens with zero attached hydrogens (tertiary/aromatic N) is 2. The minimum Gasteiger partial charge on any atom is -0.322 e. The first kappa shape index (κ1) is 16.3. The third kappa shape index (κ3) is 4.44. The molecule has 0 aromatic carbocycles. The van der Waals surface area contributed by atoms with Gasteiger partial charge in [-0.1, -0.05) is 0 Å². The van der Waals surface area contributed by atoms with Crippen LogP contribution in [0.5, 0.6) is 0 Å². The molecule has 0 atom stereocenters. The molecule has 1 aromatic rings. The van der Waals surface area contributed by atoms with Gasteiger partial charge in [0.2, 0.25) is 5.91 Å². The molecular formula is C10H13F5N4O. The molecule has 0 saturated heterocycles. The highest BCUT2D eigenvalue weighted by Gasteiger charge is 2.56. The molecule has 1 amide bonds. The Balaban J connectivity index is 2.45. The fourth-order valence-corrected chi connectivity index (χ4v) is 1.37. The van der Waals surface area contributed by atoms with Crippen LogP contribution in [0, 0.1) is 0 Å². The second-order valence-corrected chi connectivity index (χ2v) is 4.05. The first-order valence-corrected chi connectivity index (χ1v) is 5.62. The first-order valence-electron chi connectivity index (χ1n) is 5.62. The number of carbonyl (C=O) groups is 1. The van der Waals surface area contributed by atoms with Crippen LogP contribution in [0.4, 0.5) is 27.6 Å². The van der Waals surface area contributed by atoms with Crippen LogP contribution in [0.2, 0.25) is 0 Å². The van der Waals surface area contributed by atoms with Gasteiger partial charge in [0, 0.05) is 19.2 Å². The Morgan fingerprint density at radius 3 is 2.55 bits per heavy atom. The number of nitrogens with one attached hydrogen (secondary N) is 1. The van der Waals surface area contributed by atoms with Gasteiger partial charge in [0.1, 0.15) is 0 Å². The van der Waals surface area contributed by atoms with Crippen molar-refractivity contribution in [3.8, 4) is 0 Å². The van der Waals surface area contributed by atoms with Crippen LogP contribution in [0.25, 0.3) is 0 Å². The van der Waals surface area contributed by atoms with Gasteiger partial charge < -0.3 is 11.1 Å². The maximum absolute atomic E-state index is 12.6. The Hall–Kier alpha value is -1.71. The third-order valence-corrected chi connectivity index (χ3v) is 2.40. The molecule has 0 unspecified atom stereocenters. The van der Waals surface area contributed by atoms with Gasteiger partial charge in [-0.25, -0.2) is 0 Å². The van der Waals surface area contributed by atoms with Crippen molar-refractivity contribution < 1.29 is 26.7 Å². The minimum absolute atomic E-state index is 0.121. The minimum atomic E-state index is -5.54. The van der Waals surface area contributed by atoms with Gasteiger partial charge in [0.15, 0.2) is 0 Å². The number of hydrogen-bond acceptors (Lipinski definition) is 3. The van der Waals surface area contributed by atoms with E-state index in [1.807, 2.05) is 0 Å². The van der Waals surface area contributed by atoms with E-state index in [0.29, 0.717) is 5.69 Å². The van der Waals surface area contributed by atoms with Gasteiger partial charge in [-0.05, 0) is 6.42 Å². The zero-order valence-electron chi connectivity index (χ0n) is 10.3. The Labute approximate surface area is 110 Å². The summed E-state index contributed by atoms with van der Waals surface area (Å²) in [7, 11) is 0. The predicted molar refractivity (Wildman–Crippen MR) is 60.1 cm³/mol. The van der Waals surface area contributed by atoms with E-state index in [0.717, 1.165) is 0 Å². The smallest absolute Gasteiger partial charge is 0.322 e. The molecular weight excluding hydrogens is 287 g/mol. The van der Waals surface area contributed by atoms with Gasteiger partial charge >= 0.3 is 12.1 Å². The SMILES string of the molecule is NCC(=O)Nc1cnn(CCCC(F)(F)C(F)(F)F)c1. The lowest BCUT2D eigenvalue weighted by Crippen LogP contribution is -2.36. The van der Waals surface area contributed by atoms with E-state index in [4.69, 9.17) is 5.73 Å². The summed E-state index contributed by atoms with van der Waals surface area (Å²) in [5.41, 5.74) is 5.36. The fourth-order valence-electron chi connectivity index (χ4n) is 1.37. The summed E-state index contributed by atoms with van der Waals surface area (Å²) in [6.45, 7) is -0.354. The van der Waals surface area contributed by atoms with E-state index in [1.165, 1.54) is 17.1 Å². The van der Waals surface area contributed by atoms with Crippen molar-refractivity contribution in [3.05, 3.63) is 12.4 Å². The summed E-state index contributed by atoms with van der Waals surface area (Å²) in [5.74, 6) is -5.18. The molecule has 1 heterocycles. The monoisotopic (exact) mass is 300 g/mol. The average molecular weight is 300 g/mol. The molecule has 5 nitrogen and oxygen atoms in total. The Kier molecular flexibility index (Phi) is 5.03. The predicted octanol–water partition coefficient (Wildman–Crippen LogP) is 1.76. The second-order valence-electron chi connectivity index (χ2n) is 4.05. The van der Waals surface area contributed by atoms with Crippen LogP contribution in [-0.4, -0.2) is 34.3 Å². The van der Waals surface area contributed by atoms with E-state index < -0.39 is 30.8 Å². The first-order chi connectivity index (χ1) is 9.15. The molecule has 3 N–H and O–H groups in total. The van der Waals surface area contributed by atoms with Gasteiger partial charge in [-0.3, -0.25) is 9.48 Å². The molecule has 114 valence electrons. The molecule has 0 fully saturated rings. The standard InChI is InChI=1S/C10H13F5N4O/c11-9(12,10(13,14)15)2-1-3-19-6-7(5-17-19)18-8(20)4-16/h5-6H,1-4,16H2,(H,18,20). The molecule has 1 aromatic heterocycles. The molecule has 0 bridgehead atoms. The van der Waals surface area contributed by atoms with Crippen LogP contribution in [0.1, 0.15) is 12.8 Å². The normalized spacial score (nSPS) is 12.5. The fraction of sp³-hybridized carbons (Fsp3) is 0.600. The molecule has 0 radical (unpaired) electrons. The maximum atomic E-state index is 12.6. The Morgan fingerprint density at radius 1 is 1.35 bits per heavy atom. The van der Waals surface area contributed by atoms with Crippen LogP contribution < -0.4 is 11.1 Å². The van der Waals surface area contributed by atoms with E-state index in [1.54, 1.807) is 0 Å².